The lowest BCUT2D eigenvalue weighted by Crippen LogP contribution is -2.48. The Morgan fingerprint density at radius 1 is 1.08 bits per heavy atom. The van der Waals surface area contributed by atoms with Gasteiger partial charge in [-0.25, -0.2) is 4.98 Å². The molecule has 0 saturated carbocycles. The van der Waals surface area contributed by atoms with Gasteiger partial charge in [-0.1, -0.05) is 6.92 Å². The lowest BCUT2D eigenvalue weighted by atomic mass is 10.0. The van der Waals surface area contributed by atoms with Crippen LogP contribution in [0.15, 0.2) is 12.4 Å². The molecule has 0 aliphatic carbocycles. The van der Waals surface area contributed by atoms with Gasteiger partial charge in [0.2, 0.25) is 5.91 Å². The fraction of sp³-hybridized carbons (Fsp3) is 0.667. The number of aromatic nitrogens is 2. The van der Waals surface area contributed by atoms with Crippen LogP contribution in [0, 0.1) is 5.92 Å². The Kier molecular flexibility index (Phi) is 5.63. The Labute approximate surface area is 149 Å². The van der Waals surface area contributed by atoms with Gasteiger partial charge >= 0.3 is 0 Å². The van der Waals surface area contributed by atoms with Crippen molar-refractivity contribution in [1.82, 2.24) is 24.7 Å². The molecule has 2 amide bonds. The van der Waals surface area contributed by atoms with Crippen LogP contribution in [-0.4, -0.2) is 82.3 Å². The largest absolute Gasteiger partial charge is 0.343 e. The Hall–Kier alpha value is -2.02. The molecule has 7 heteroatoms. The monoisotopic (exact) mass is 345 g/mol. The minimum atomic E-state index is -0.0136. The third kappa shape index (κ3) is 4.15. The zero-order valence-electron chi connectivity index (χ0n) is 15.1. The molecule has 25 heavy (non-hydrogen) atoms. The van der Waals surface area contributed by atoms with Gasteiger partial charge in [0.05, 0.1) is 5.69 Å². The van der Waals surface area contributed by atoms with Gasteiger partial charge in [0.1, 0.15) is 5.69 Å². The number of carbonyl (C=O) groups is 2. The topological polar surface area (TPSA) is 69.6 Å². The first-order valence-electron chi connectivity index (χ1n) is 9.15. The summed E-state index contributed by atoms with van der Waals surface area (Å²) in [5.74, 6) is 0.455. The molecule has 1 aromatic rings. The highest BCUT2D eigenvalue weighted by Crippen LogP contribution is 2.22. The molecule has 1 atom stereocenters. The molecule has 0 spiro atoms. The maximum Gasteiger partial charge on any atom is 0.274 e. The summed E-state index contributed by atoms with van der Waals surface area (Å²) in [4.78, 5) is 39.3. The molecule has 2 aliphatic rings. The second-order valence-corrected chi connectivity index (χ2v) is 6.90. The third-order valence-corrected chi connectivity index (χ3v) is 5.30. The first-order chi connectivity index (χ1) is 12.1. The number of rotatable bonds is 4. The van der Waals surface area contributed by atoms with E-state index < -0.39 is 0 Å². The smallest absolute Gasteiger partial charge is 0.274 e. The van der Waals surface area contributed by atoms with E-state index in [2.05, 4.69) is 21.8 Å². The molecular weight excluding hydrogens is 318 g/mol. The van der Waals surface area contributed by atoms with Crippen molar-refractivity contribution in [2.45, 2.75) is 26.7 Å². The van der Waals surface area contributed by atoms with E-state index in [9.17, 15) is 9.59 Å². The van der Waals surface area contributed by atoms with E-state index in [0.29, 0.717) is 18.0 Å². The zero-order chi connectivity index (χ0) is 17.8. The zero-order valence-corrected chi connectivity index (χ0v) is 15.1. The highest BCUT2D eigenvalue weighted by Gasteiger charge is 2.29. The Balaban J connectivity index is 1.67. The van der Waals surface area contributed by atoms with E-state index in [-0.39, 0.29) is 11.8 Å². The predicted molar refractivity (Wildman–Crippen MR) is 94.1 cm³/mol. The van der Waals surface area contributed by atoms with Gasteiger partial charge < -0.3 is 14.7 Å². The summed E-state index contributed by atoms with van der Waals surface area (Å²) in [6, 6.07) is 0. The lowest BCUT2D eigenvalue weighted by Gasteiger charge is -2.34. The molecule has 2 fully saturated rings. The Morgan fingerprint density at radius 3 is 2.44 bits per heavy atom. The molecule has 2 aliphatic heterocycles. The highest BCUT2D eigenvalue weighted by atomic mass is 16.2. The third-order valence-electron chi connectivity index (χ3n) is 5.30. The second-order valence-electron chi connectivity index (χ2n) is 6.90. The molecule has 2 saturated heterocycles. The van der Waals surface area contributed by atoms with E-state index in [0.717, 1.165) is 57.9 Å². The number of hydrogen-bond acceptors (Lipinski definition) is 5. The average molecular weight is 345 g/mol. The summed E-state index contributed by atoms with van der Waals surface area (Å²) < 4.78 is 0. The molecule has 0 unspecified atom stereocenters. The summed E-state index contributed by atoms with van der Waals surface area (Å²) in [6.45, 7) is 9.61. The van der Waals surface area contributed by atoms with Gasteiger partial charge in [0.25, 0.3) is 5.91 Å². The van der Waals surface area contributed by atoms with E-state index in [1.54, 1.807) is 19.3 Å². The minimum absolute atomic E-state index is 0.0136. The van der Waals surface area contributed by atoms with Crippen LogP contribution in [0.4, 0.5) is 0 Å². The van der Waals surface area contributed by atoms with E-state index in [1.165, 1.54) is 0 Å². The molecular formula is C18H27N5O2. The number of carbonyl (C=O) groups excluding carboxylic acids is 2. The number of likely N-dealkylation sites (tertiary alicyclic amines) is 1. The van der Waals surface area contributed by atoms with Gasteiger partial charge in [0.15, 0.2) is 0 Å². The number of nitrogens with zero attached hydrogens (tertiary/aromatic N) is 5. The van der Waals surface area contributed by atoms with Crippen LogP contribution in [0.1, 0.15) is 36.5 Å². The quantitative estimate of drug-likeness (QED) is 0.802. The van der Waals surface area contributed by atoms with Crippen LogP contribution < -0.4 is 0 Å². The number of likely N-dealkylation sites (N-methyl/N-ethyl adjacent to an activating group) is 1. The molecule has 3 heterocycles. The molecule has 0 bridgehead atoms. The Bertz CT molecular complexity index is 628. The lowest BCUT2D eigenvalue weighted by molar-refractivity contribution is -0.127. The van der Waals surface area contributed by atoms with Crippen LogP contribution in [0.3, 0.4) is 0 Å². The van der Waals surface area contributed by atoms with Crippen LogP contribution in [0.2, 0.25) is 0 Å². The molecule has 136 valence electrons. The van der Waals surface area contributed by atoms with Crippen molar-refractivity contribution < 1.29 is 9.59 Å². The SMILES string of the molecule is CCN1CCN(C(=O)c2nccnc2C[C@H]2CCN(C(C)=O)C2)CC1. The minimum Gasteiger partial charge on any atom is -0.343 e. The summed E-state index contributed by atoms with van der Waals surface area (Å²) in [7, 11) is 0. The fourth-order valence-corrected chi connectivity index (χ4v) is 3.67. The van der Waals surface area contributed by atoms with Crippen LogP contribution in [-0.2, 0) is 11.2 Å². The van der Waals surface area contributed by atoms with Crippen molar-refractivity contribution in [2.24, 2.45) is 5.92 Å². The average Bonchev–Trinajstić information content (AvgIpc) is 3.10. The fourth-order valence-electron chi connectivity index (χ4n) is 3.67. The maximum absolute atomic E-state index is 12.9. The van der Waals surface area contributed by atoms with Crippen LogP contribution in [0.25, 0.3) is 0 Å². The van der Waals surface area contributed by atoms with Crippen LogP contribution in [0.5, 0.6) is 0 Å². The summed E-state index contributed by atoms with van der Waals surface area (Å²) >= 11 is 0. The normalized spacial score (nSPS) is 21.6. The molecule has 0 N–H and O–H groups in total. The first-order valence-corrected chi connectivity index (χ1v) is 9.15. The number of hydrogen-bond donors (Lipinski definition) is 0. The van der Waals surface area contributed by atoms with Gasteiger partial charge in [0, 0.05) is 58.6 Å². The van der Waals surface area contributed by atoms with Crippen molar-refractivity contribution in [3.8, 4) is 0 Å². The Morgan fingerprint density at radius 2 is 1.80 bits per heavy atom. The van der Waals surface area contributed by atoms with Gasteiger partial charge in [-0.05, 0) is 25.3 Å². The van der Waals surface area contributed by atoms with Gasteiger partial charge in [-0.3, -0.25) is 14.6 Å². The van der Waals surface area contributed by atoms with Crippen LogP contribution >= 0.6 is 0 Å². The van der Waals surface area contributed by atoms with Crippen molar-refractivity contribution in [1.29, 1.82) is 0 Å². The number of amides is 2. The van der Waals surface area contributed by atoms with Gasteiger partial charge in [-0.2, -0.15) is 0 Å². The van der Waals surface area contributed by atoms with E-state index in [4.69, 9.17) is 0 Å². The summed E-state index contributed by atoms with van der Waals surface area (Å²) in [5.41, 5.74) is 1.24. The molecule has 3 rings (SSSR count). The highest BCUT2D eigenvalue weighted by molar-refractivity contribution is 5.93. The first kappa shape index (κ1) is 17.8. The predicted octanol–water partition coefficient (Wildman–Crippen LogP) is 0.665. The molecule has 0 radical (unpaired) electrons. The molecule has 7 nitrogen and oxygen atoms in total. The summed E-state index contributed by atoms with van der Waals surface area (Å²) in [5, 5.41) is 0. The van der Waals surface area contributed by atoms with E-state index >= 15 is 0 Å². The van der Waals surface area contributed by atoms with E-state index in [1.807, 2.05) is 9.80 Å². The van der Waals surface area contributed by atoms with Crippen molar-refractivity contribution >= 4 is 11.8 Å². The standard InChI is InChI=1S/C18H27N5O2/c1-3-21-8-10-22(11-9-21)18(25)17-16(19-5-6-20-17)12-15-4-7-23(13-15)14(2)24/h5-6,15H,3-4,7-13H2,1-2H3/t15-/m1/s1. The van der Waals surface area contributed by atoms with Crippen molar-refractivity contribution in [3.63, 3.8) is 0 Å². The second kappa shape index (κ2) is 7.91. The molecule has 1 aromatic heterocycles. The molecule has 0 aromatic carbocycles. The maximum atomic E-state index is 12.9. The number of piperazine rings is 1. The van der Waals surface area contributed by atoms with Crippen molar-refractivity contribution in [2.75, 3.05) is 45.8 Å². The van der Waals surface area contributed by atoms with Gasteiger partial charge in [-0.15, -0.1) is 0 Å². The van der Waals surface area contributed by atoms with Crippen molar-refractivity contribution in [3.05, 3.63) is 23.8 Å². The summed E-state index contributed by atoms with van der Waals surface area (Å²) in [6.07, 6.45) is 4.90.